The molecule has 57 heavy (non-hydrogen) atoms. The number of rotatable bonds is 49. The number of carboxylic acids is 1. The van der Waals surface area contributed by atoms with Crippen LogP contribution in [0.1, 0.15) is 316 Å². The van der Waals surface area contributed by atoms with E-state index in [0.717, 1.165) is 12.8 Å². The third kappa shape index (κ3) is 62.0. The number of nitrogens with one attached hydrogen (secondary N) is 1. The SMILES string of the molecule is CCCCCCCCC=CCCCCCCCC(=O)O.CCCCCCCCCCCCCCCCCCNCCCCCCCCCCCCCCCCCC. The number of unbranched alkanes of at least 4 members (excludes halogenated alkanes) is 41. The lowest BCUT2D eigenvalue weighted by molar-refractivity contribution is -0.137. The van der Waals surface area contributed by atoms with E-state index in [1.54, 1.807) is 0 Å². The molecule has 0 bridgehead atoms. The fourth-order valence-corrected chi connectivity index (χ4v) is 8.07. The highest BCUT2D eigenvalue weighted by molar-refractivity contribution is 5.66. The standard InChI is InChI=1S/C36H75N.C18H34O2/c1-3-5-7-9-11-13-15-17-19-21-23-25-27-29-31-33-35-37-36-34-32-30-28-26-24-22-20-18-16-14-12-10-8-6-4-2;1-2-3-4-5-6-7-8-9-10-11-12-13-14-15-16-17-18(19)20/h37H,3-36H2,1-2H3;9-10H,2-8,11-17H2,1H3,(H,19,20). The maximum atomic E-state index is 10.3. The Hall–Kier alpha value is -0.830. The summed E-state index contributed by atoms with van der Waals surface area (Å²) in [5.41, 5.74) is 0. The van der Waals surface area contributed by atoms with Gasteiger partial charge in [0.2, 0.25) is 0 Å². The van der Waals surface area contributed by atoms with Crippen molar-refractivity contribution in [2.75, 3.05) is 13.1 Å². The van der Waals surface area contributed by atoms with Crippen LogP contribution in [0.5, 0.6) is 0 Å². The minimum Gasteiger partial charge on any atom is -0.481 e. The summed E-state index contributed by atoms with van der Waals surface area (Å²) in [5, 5.41) is 12.2. The van der Waals surface area contributed by atoms with E-state index in [1.165, 1.54) is 289 Å². The van der Waals surface area contributed by atoms with Gasteiger partial charge < -0.3 is 10.4 Å². The molecule has 3 nitrogen and oxygen atoms in total. The van der Waals surface area contributed by atoms with Crippen LogP contribution in [0.3, 0.4) is 0 Å². The summed E-state index contributed by atoms with van der Waals surface area (Å²) in [6.07, 6.45) is 67.9. The Balaban J connectivity index is 0. The molecule has 0 aliphatic carbocycles. The number of carbonyl (C=O) groups is 1. The molecule has 0 aliphatic rings. The van der Waals surface area contributed by atoms with Crippen molar-refractivity contribution in [2.45, 2.75) is 316 Å². The minimum absolute atomic E-state index is 0.332. The summed E-state index contributed by atoms with van der Waals surface area (Å²) in [5.74, 6) is -0.664. The Morgan fingerprint density at radius 2 is 0.526 bits per heavy atom. The fourth-order valence-electron chi connectivity index (χ4n) is 8.07. The van der Waals surface area contributed by atoms with Crippen LogP contribution < -0.4 is 5.32 Å². The molecule has 0 aromatic heterocycles. The number of carboxylic acid groups (broad SMARTS) is 1. The largest absolute Gasteiger partial charge is 0.481 e. The molecular weight excluding hydrogens is 695 g/mol. The summed E-state index contributed by atoms with van der Waals surface area (Å²) < 4.78 is 0. The van der Waals surface area contributed by atoms with Gasteiger partial charge in [-0.15, -0.1) is 0 Å². The van der Waals surface area contributed by atoms with Crippen LogP contribution in [0, 0.1) is 0 Å². The Kier molecular flexibility index (Phi) is 58.5. The van der Waals surface area contributed by atoms with Gasteiger partial charge in [0.05, 0.1) is 0 Å². The van der Waals surface area contributed by atoms with Gasteiger partial charge in [0.1, 0.15) is 0 Å². The van der Waals surface area contributed by atoms with Gasteiger partial charge in [-0.2, -0.15) is 0 Å². The molecule has 0 fully saturated rings. The first-order valence-corrected chi connectivity index (χ1v) is 26.8. The van der Waals surface area contributed by atoms with Crippen LogP contribution in [0.15, 0.2) is 12.2 Å². The monoisotopic (exact) mass is 804 g/mol. The highest BCUT2D eigenvalue weighted by atomic mass is 16.4. The summed E-state index contributed by atoms with van der Waals surface area (Å²) in [7, 11) is 0. The number of aliphatic carboxylic acids is 1. The van der Waals surface area contributed by atoms with Gasteiger partial charge in [-0.05, 0) is 58.0 Å². The third-order valence-corrected chi connectivity index (χ3v) is 12.1. The Bertz CT molecular complexity index is 687. The van der Waals surface area contributed by atoms with Crippen LogP contribution in [0.25, 0.3) is 0 Å². The molecule has 0 amide bonds. The summed E-state index contributed by atoms with van der Waals surface area (Å²) in [4.78, 5) is 10.3. The molecule has 0 saturated heterocycles. The molecule has 0 aromatic rings. The second kappa shape index (κ2) is 57.3. The van der Waals surface area contributed by atoms with Crippen molar-refractivity contribution in [1.29, 1.82) is 0 Å². The van der Waals surface area contributed by atoms with Crippen molar-refractivity contribution in [3.63, 3.8) is 0 Å². The first kappa shape index (κ1) is 58.3. The number of hydrogen-bond acceptors (Lipinski definition) is 2. The first-order chi connectivity index (χ1) is 28.2. The second-order valence-corrected chi connectivity index (χ2v) is 18.1. The zero-order chi connectivity index (χ0) is 41.6. The van der Waals surface area contributed by atoms with Crippen molar-refractivity contribution in [3.05, 3.63) is 12.2 Å². The van der Waals surface area contributed by atoms with E-state index in [4.69, 9.17) is 5.11 Å². The maximum absolute atomic E-state index is 10.3. The molecule has 0 heterocycles. The molecule has 0 aliphatic heterocycles. The summed E-state index contributed by atoms with van der Waals surface area (Å²) in [6, 6.07) is 0. The van der Waals surface area contributed by atoms with E-state index in [9.17, 15) is 4.79 Å². The molecular formula is C54H109NO2. The van der Waals surface area contributed by atoms with E-state index < -0.39 is 5.97 Å². The molecule has 0 saturated carbocycles. The number of hydrogen-bond donors (Lipinski definition) is 2. The normalized spacial score (nSPS) is 11.4. The first-order valence-electron chi connectivity index (χ1n) is 26.8. The Labute approximate surface area is 361 Å². The van der Waals surface area contributed by atoms with E-state index in [0.29, 0.717) is 6.42 Å². The van der Waals surface area contributed by atoms with Crippen LogP contribution >= 0.6 is 0 Å². The second-order valence-electron chi connectivity index (χ2n) is 18.1. The molecule has 2 N–H and O–H groups in total. The molecule has 0 radical (unpaired) electrons. The predicted octanol–water partition coefficient (Wildman–Crippen LogP) is 19.2. The van der Waals surface area contributed by atoms with Gasteiger partial charge in [-0.1, -0.05) is 277 Å². The predicted molar refractivity (Wildman–Crippen MR) is 259 cm³/mol. The topological polar surface area (TPSA) is 49.3 Å². The van der Waals surface area contributed by atoms with Crippen LogP contribution in [-0.2, 0) is 4.79 Å². The zero-order valence-corrected chi connectivity index (χ0v) is 40.0. The number of allylic oxidation sites excluding steroid dienone is 2. The fraction of sp³-hybridized carbons (Fsp3) is 0.944. The van der Waals surface area contributed by atoms with Gasteiger partial charge in [-0.3, -0.25) is 4.79 Å². The summed E-state index contributed by atoms with van der Waals surface area (Å²) >= 11 is 0. The average molecular weight is 804 g/mol. The molecule has 342 valence electrons. The Morgan fingerprint density at radius 1 is 0.316 bits per heavy atom. The molecule has 0 rings (SSSR count). The lowest BCUT2D eigenvalue weighted by Crippen LogP contribution is -2.16. The van der Waals surface area contributed by atoms with Crippen LogP contribution in [0.2, 0.25) is 0 Å². The van der Waals surface area contributed by atoms with Crippen molar-refractivity contribution in [3.8, 4) is 0 Å². The van der Waals surface area contributed by atoms with E-state index in [2.05, 4.69) is 38.2 Å². The van der Waals surface area contributed by atoms with E-state index in [1.807, 2.05) is 0 Å². The van der Waals surface area contributed by atoms with Gasteiger partial charge >= 0.3 is 5.97 Å². The van der Waals surface area contributed by atoms with Gasteiger partial charge in [0, 0.05) is 6.42 Å². The molecule has 0 spiro atoms. The zero-order valence-electron chi connectivity index (χ0n) is 40.0. The lowest BCUT2D eigenvalue weighted by atomic mass is 10.0. The van der Waals surface area contributed by atoms with Gasteiger partial charge in [-0.25, -0.2) is 0 Å². The summed E-state index contributed by atoms with van der Waals surface area (Å²) in [6.45, 7) is 9.37. The molecule has 0 aromatic carbocycles. The Morgan fingerprint density at radius 3 is 0.772 bits per heavy atom. The average Bonchev–Trinajstić information content (AvgIpc) is 3.21. The van der Waals surface area contributed by atoms with Crippen molar-refractivity contribution in [2.24, 2.45) is 0 Å². The quantitative estimate of drug-likeness (QED) is 0.0476. The van der Waals surface area contributed by atoms with Crippen molar-refractivity contribution < 1.29 is 9.90 Å². The highest BCUT2D eigenvalue weighted by Crippen LogP contribution is 2.16. The van der Waals surface area contributed by atoms with E-state index >= 15 is 0 Å². The molecule has 3 heteroatoms. The van der Waals surface area contributed by atoms with Crippen molar-refractivity contribution in [1.82, 2.24) is 5.32 Å². The van der Waals surface area contributed by atoms with E-state index in [-0.39, 0.29) is 0 Å². The highest BCUT2D eigenvalue weighted by Gasteiger charge is 1.98. The van der Waals surface area contributed by atoms with Gasteiger partial charge in [0.15, 0.2) is 0 Å². The maximum Gasteiger partial charge on any atom is 0.303 e. The van der Waals surface area contributed by atoms with Crippen LogP contribution in [-0.4, -0.2) is 24.2 Å². The third-order valence-electron chi connectivity index (χ3n) is 12.1. The molecule has 0 atom stereocenters. The lowest BCUT2D eigenvalue weighted by Gasteiger charge is -2.06. The minimum atomic E-state index is -0.664. The smallest absolute Gasteiger partial charge is 0.303 e. The molecule has 0 unspecified atom stereocenters. The van der Waals surface area contributed by atoms with Crippen LogP contribution in [0.4, 0.5) is 0 Å². The van der Waals surface area contributed by atoms with Crippen molar-refractivity contribution >= 4 is 5.97 Å². The van der Waals surface area contributed by atoms with Gasteiger partial charge in [0.25, 0.3) is 0 Å².